The van der Waals surface area contributed by atoms with Gasteiger partial charge in [0.05, 0.1) is 12.5 Å². The van der Waals surface area contributed by atoms with E-state index in [0.717, 1.165) is 25.8 Å². The Bertz CT molecular complexity index is 246. The fraction of sp³-hybridized carbons (Fsp3) is 0.846. The number of carbonyl (C=O) groups is 1. The predicted octanol–water partition coefficient (Wildman–Crippen LogP) is 1.90. The van der Waals surface area contributed by atoms with Crippen LogP contribution in [0.1, 0.15) is 46.0 Å². The van der Waals surface area contributed by atoms with Crippen LogP contribution in [0.15, 0.2) is 0 Å². The van der Waals surface area contributed by atoms with Gasteiger partial charge in [-0.25, -0.2) is 0 Å². The number of rotatable bonds is 9. The third kappa shape index (κ3) is 8.70. The lowest BCUT2D eigenvalue weighted by Crippen LogP contribution is -2.34. The van der Waals surface area contributed by atoms with Crippen LogP contribution in [0.3, 0.4) is 0 Å². The molecule has 17 heavy (non-hydrogen) atoms. The monoisotopic (exact) mass is 239 g/mol. The summed E-state index contributed by atoms with van der Waals surface area (Å²) in [5, 5.41) is 8.58. The maximum Gasteiger partial charge on any atom is 0.222 e. The number of carbonyl (C=O) groups excluding carboxylic acids is 1. The van der Waals surface area contributed by atoms with Gasteiger partial charge in [-0.3, -0.25) is 4.79 Å². The molecule has 0 aliphatic heterocycles. The Kier molecular flexibility index (Phi) is 9.46. The Hall–Kier alpha value is -1.08. The van der Waals surface area contributed by atoms with Crippen molar-refractivity contribution in [1.82, 2.24) is 4.90 Å². The van der Waals surface area contributed by atoms with Crippen LogP contribution >= 0.6 is 0 Å². The number of unbranched alkanes of at least 4 members (excludes halogenated alkanes) is 2. The summed E-state index contributed by atoms with van der Waals surface area (Å²) in [6, 6.07) is 2.09. The number of nitriles is 1. The molecule has 0 bridgehead atoms. The zero-order valence-corrected chi connectivity index (χ0v) is 11.1. The lowest BCUT2D eigenvalue weighted by molar-refractivity contribution is -0.131. The van der Waals surface area contributed by atoms with Crippen molar-refractivity contribution in [3.63, 3.8) is 0 Å². The van der Waals surface area contributed by atoms with E-state index in [4.69, 9.17) is 11.0 Å². The normalized spacial score (nSPS) is 10.3. The molecule has 0 aromatic heterocycles. The predicted molar refractivity (Wildman–Crippen MR) is 69.2 cm³/mol. The number of hydrogen-bond acceptors (Lipinski definition) is 3. The minimum Gasteiger partial charge on any atom is -0.341 e. The van der Waals surface area contributed by atoms with Crippen molar-refractivity contribution < 1.29 is 4.79 Å². The maximum atomic E-state index is 11.9. The highest BCUT2D eigenvalue weighted by atomic mass is 16.2. The Morgan fingerprint density at radius 2 is 2.06 bits per heavy atom. The van der Waals surface area contributed by atoms with E-state index in [-0.39, 0.29) is 5.91 Å². The van der Waals surface area contributed by atoms with Crippen LogP contribution in [0, 0.1) is 17.2 Å². The van der Waals surface area contributed by atoms with Crippen LogP contribution in [0.5, 0.6) is 0 Å². The molecule has 0 unspecified atom stereocenters. The summed E-state index contributed by atoms with van der Waals surface area (Å²) in [6.45, 7) is 6.17. The largest absolute Gasteiger partial charge is 0.341 e. The quantitative estimate of drug-likeness (QED) is 0.625. The molecule has 0 rings (SSSR count). The first-order valence-corrected chi connectivity index (χ1v) is 6.46. The average Bonchev–Trinajstić information content (AvgIpc) is 2.29. The standard InChI is InChI=1S/C13H25N3O/c1-12(2)11-16(10-6-9-15)13(17)7-4-3-5-8-14/h12H,3-8,10-11,14H2,1-2H3. The molecule has 4 heteroatoms. The second kappa shape index (κ2) is 10.1. The van der Waals surface area contributed by atoms with Crippen LogP contribution < -0.4 is 5.73 Å². The number of amides is 1. The zero-order chi connectivity index (χ0) is 13.1. The summed E-state index contributed by atoms with van der Waals surface area (Å²) in [5.74, 6) is 0.618. The lowest BCUT2D eigenvalue weighted by atomic mass is 10.1. The molecule has 2 N–H and O–H groups in total. The number of nitrogens with two attached hydrogens (primary N) is 1. The molecule has 0 radical (unpaired) electrons. The SMILES string of the molecule is CC(C)CN(CCC#N)C(=O)CCCCCN. The molecule has 0 fully saturated rings. The topological polar surface area (TPSA) is 70.1 Å². The summed E-state index contributed by atoms with van der Waals surface area (Å²) in [4.78, 5) is 13.7. The highest BCUT2D eigenvalue weighted by molar-refractivity contribution is 5.76. The van der Waals surface area contributed by atoms with Crippen molar-refractivity contribution in [1.29, 1.82) is 5.26 Å². The van der Waals surface area contributed by atoms with E-state index >= 15 is 0 Å². The summed E-state index contributed by atoms with van der Waals surface area (Å²) in [6.07, 6.45) is 3.89. The van der Waals surface area contributed by atoms with Gasteiger partial charge in [0.15, 0.2) is 0 Å². The second-order valence-electron chi connectivity index (χ2n) is 4.74. The molecule has 0 spiro atoms. The van der Waals surface area contributed by atoms with E-state index in [9.17, 15) is 4.79 Å². The highest BCUT2D eigenvalue weighted by Gasteiger charge is 2.13. The minimum absolute atomic E-state index is 0.172. The van der Waals surface area contributed by atoms with Crippen molar-refractivity contribution in [3.05, 3.63) is 0 Å². The van der Waals surface area contributed by atoms with Crippen molar-refractivity contribution in [2.75, 3.05) is 19.6 Å². The Labute approximate surface area is 105 Å². The lowest BCUT2D eigenvalue weighted by Gasteiger charge is -2.23. The molecule has 0 aromatic carbocycles. The van der Waals surface area contributed by atoms with Gasteiger partial charge in [0, 0.05) is 19.5 Å². The van der Waals surface area contributed by atoms with Crippen molar-refractivity contribution in [2.45, 2.75) is 46.0 Å². The zero-order valence-electron chi connectivity index (χ0n) is 11.1. The fourth-order valence-electron chi connectivity index (χ4n) is 1.70. The molecule has 0 aliphatic carbocycles. The minimum atomic E-state index is 0.172. The van der Waals surface area contributed by atoms with E-state index in [0.29, 0.717) is 31.8 Å². The third-order valence-electron chi connectivity index (χ3n) is 2.53. The average molecular weight is 239 g/mol. The summed E-state index contributed by atoms with van der Waals surface area (Å²) >= 11 is 0. The molecule has 4 nitrogen and oxygen atoms in total. The Morgan fingerprint density at radius 1 is 1.35 bits per heavy atom. The van der Waals surface area contributed by atoms with E-state index in [2.05, 4.69) is 19.9 Å². The fourth-order valence-corrected chi connectivity index (χ4v) is 1.70. The van der Waals surface area contributed by atoms with Crippen molar-refractivity contribution in [2.24, 2.45) is 11.7 Å². The van der Waals surface area contributed by atoms with Gasteiger partial charge in [-0.05, 0) is 25.3 Å². The van der Waals surface area contributed by atoms with Crippen molar-refractivity contribution in [3.8, 4) is 6.07 Å². The van der Waals surface area contributed by atoms with Gasteiger partial charge in [-0.1, -0.05) is 20.3 Å². The molecular weight excluding hydrogens is 214 g/mol. The first-order valence-electron chi connectivity index (χ1n) is 6.46. The summed E-state index contributed by atoms with van der Waals surface area (Å²) < 4.78 is 0. The van der Waals surface area contributed by atoms with E-state index < -0.39 is 0 Å². The molecule has 0 saturated carbocycles. The van der Waals surface area contributed by atoms with Gasteiger partial charge < -0.3 is 10.6 Å². The highest BCUT2D eigenvalue weighted by Crippen LogP contribution is 2.06. The molecule has 0 atom stereocenters. The third-order valence-corrected chi connectivity index (χ3v) is 2.53. The summed E-state index contributed by atoms with van der Waals surface area (Å²) in [7, 11) is 0. The van der Waals surface area contributed by atoms with Crippen LogP contribution in [-0.4, -0.2) is 30.4 Å². The Morgan fingerprint density at radius 3 is 2.59 bits per heavy atom. The maximum absolute atomic E-state index is 11.9. The van der Waals surface area contributed by atoms with E-state index in [1.807, 2.05) is 4.90 Å². The molecule has 98 valence electrons. The van der Waals surface area contributed by atoms with Crippen LogP contribution in [0.25, 0.3) is 0 Å². The van der Waals surface area contributed by atoms with Gasteiger partial charge in [0.1, 0.15) is 0 Å². The summed E-state index contributed by atoms with van der Waals surface area (Å²) in [5.41, 5.74) is 5.41. The smallest absolute Gasteiger partial charge is 0.222 e. The molecular formula is C13H25N3O. The second-order valence-corrected chi connectivity index (χ2v) is 4.74. The van der Waals surface area contributed by atoms with E-state index in [1.165, 1.54) is 0 Å². The van der Waals surface area contributed by atoms with Crippen molar-refractivity contribution >= 4 is 5.91 Å². The molecule has 0 heterocycles. The Balaban J connectivity index is 3.99. The van der Waals surface area contributed by atoms with Crippen LogP contribution in [0.4, 0.5) is 0 Å². The first-order chi connectivity index (χ1) is 8.11. The van der Waals surface area contributed by atoms with Crippen LogP contribution in [-0.2, 0) is 4.79 Å². The van der Waals surface area contributed by atoms with E-state index in [1.54, 1.807) is 0 Å². The van der Waals surface area contributed by atoms with Crippen LogP contribution in [0.2, 0.25) is 0 Å². The molecule has 0 aromatic rings. The van der Waals surface area contributed by atoms with Gasteiger partial charge >= 0.3 is 0 Å². The van der Waals surface area contributed by atoms with Gasteiger partial charge in [0.25, 0.3) is 0 Å². The number of nitrogens with zero attached hydrogens (tertiary/aromatic N) is 2. The van der Waals surface area contributed by atoms with Gasteiger partial charge in [0.2, 0.25) is 5.91 Å². The van der Waals surface area contributed by atoms with Gasteiger partial charge in [-0.15, -0.1) is 0 Å². The molecule has 0 aliphatic rings. The van der Waals surface area contributed by atoms with Gasteiger partial charge in [-0.2, -0.15) is 5.26 Å². The molecule has 0 saturated heterocycles. The first kappa shape index (κ1) is 15.9. The molecule has 1 amide bonds. The number of hydrogen-bond donors (Lipinski definition) is 1.